The van der Waals surface area contributed by atoms with Crippen LogP contribution in [0.4, 0.5) is 0 Å². The number of H-pyrrole nitrogens is 2. The summed E-state index contributed by atoms with van der Waals surface area (Å²) >= 11 is 0. The van der Waals surface area contributed by atoms with E-state index >= 15 is 0 Å². The lowest BCUT2D eigenvalue weighted by Gasteiger charge is -2.30. The van der Waals surface area contributed by atoms with E-state index in [0.29, 0.717) is 6.61 Å². The predicted octanol–water partition coefficient (Wildman–Crippen LogP) is 9.15. The molecule has 8 bridgehead atoms. The van der Waals surface area contributed by atoms with E-state index in [0.717, 1.165) is 143 Å². The van der Waals surface area contributed by atoms with E-state index in [1.807, 2.05) is 36.4 Å². The molecule has 0 radical (unpaired) electrons. The third kappa shape index (κ3) is 10.5. The van der Waals surface area contributed by atoms with Crippen LogP contribution in [0.2, 0.25) is 0 Å². The largest absolute Gasteiger partial charge is 1.00 e. The van der Waals surface area contributed by atoms with Crippen molar-refractivity contribution in [1.29, 1.82) is 0 Å². The Morgan fingerprint density at radius 1 is 0.441 bits per heavy atom. The lowest BCUT2D eigenvalue weighted by molar-refractivity contribution is -0.890. The number of aromatic amines is 2. The molecule has 2 N–H and O–H groups in total. The van der Waals surface area contributed by atoms with Gasteiger partial charge in [0.2, 0.25) is 0 Å². The van der Waals surface area contributed by atoms with E-state index in [1.165, 1.54) is 6.42 Å². The van der Waals surface area contributed by atoms with Gasteiger partial charge < -0.3 is 55.3 Å². The quantitative estimate of drug-likeness (QED) is 0.0737. The number of aromatic nitrogens is 4. The minimum atomic E-state index is 0. The molecule has 11 heteroatoms. The first kappa shape index (κ1) is 47.6. The summed E-state index contributed by atoms with van der Waals surface area (Å²) in [6.45, 7) is 3.96. The van der Waals surface area contributed by atoms with E-state index in [9.17, 15) is 0 Å². The van der Waals surface area contributed by atoms with E-state index in [-0.39, 0.29) is 17.0 Å². The van der Waals surface area contributed by atoms with E-state index in [4.69, 9.17) is 28.9 Å². The highest BCUT2D eigenvalue weighted by Gasteiger charge is 2.20. The second-order valence-corrected chi connectivity index (χ2v) is 18.0. The molecule has 0 saturated carbocycles. The second-order valence-electron chi connectivity index (χ2n) is 18.0. The Morgan fingerprint density at radius 3 is 1.06 bits per heavy atom. The fraction of sp³-hybridized carbons (Fsp3) is 0.228. The van der Waals surface area contributed by atoms with Gasteiger partial charge in [-0.15, -0.1) is 0 Å². The molecule has 0 spiro atoms. The van der Waals surface area contributed by atoms with Crippen molar-refractivity contribution in [3.63, 3.8) is 0 Å². The highest BCUT2D eigenvalue weighted by Crippen LogP contribution is 2.39. The summed E-state index contributed by atoms with van der Waals surface area (Å²) in [4.78, 5) is 20.8. The zero-order chi connectivity index (χ0) is 46.5. The van der Waals surface area contributed by atoms with Crippen LogP contribution in [0, 0.1) is 0 Å². The first-order valence-electron chi connectivity index (χ1n) is 22.9. The maximum absolute atomic E-state index is 6.34. The molecule has 0 atom stereocenters. The highest BCUT2D eigenvalue weighted by molar-refractivity contribution is 6.00. The van der Waals surface area contributed by atoms with Gasteiger partial charge in [0.15, 0.2) is 0 Å². The summed E-state index contributed by atoms with van der Waals surface area (Å²) in [6.07, 6.45) is 10.6. The number of quaternary nitrogens is 1. The first-order chi connectivity index (χ1) is 32.6. The SMILES string of the molecule is COc1ccc(-c2c3nc(c(-c4ccc(OC)cc4)c4ccc([nH]4)c(-c4ccc(OCCC[N+](C)(C)CCCN(C)C)cc4)c4nc(c(-c5ccc(OC)cc5)c5ccc2[nH]5)C=C4)C=C3)cc1.[Br-]. The minimum absolute atomic E-state index is 0. The van der Waals surface area contributed by atoms with Gasteiger partial charge in [-0.05, 0) is 133 Å². The average Bonchev–Trinajstić information content (AvgIpc) is 4.20. The molecular formula is C57H59BrN6O4. The molecule has 0 unspecified atom stereocenters. The van der Waals surface area contributed by atoms with Crippen LogP contribution in [0.25, 0.3) is 90.9 Å². The number of halogens is 1. The molecule has 3 aromatic heterocycles. The van der Waals surface area contributed by atoms with Gasteiger partial charge in [-0.3, -0.25) is 0 Å². The zero-order valence-electron chi connectivity index (χ0n) is 39.9. The van der Waals surface area contributed by atoms with Crippen LogP contribution in [0.3, 0.4) is 0 Å². The van der Waals surface area contributed by atoms with Crippen molar-refractivity contribution in [2.24, 2.45) is 0 Å². The van der Waals surface area contributed by atoms with Crippen molar-refractivity contribution >= 4 is 46.4 Å². The maximum Gasteiger partial charge on any atom is 0.119 e. The van der Waals surface area contributed by atoms with Gasteiger partial charge in [0.25, 0.3) is 0 Å². The lowest BCUT2D eigenvalue weighted by atomic mass is 10.0. The van der Waals surface area contributed by atoms with Crippen LogP contribution in [0.15, 0.2) is 121 Å². The Bertz CT molecular complexity index is 3050. The van der Waals surface area contributed by atoms with Gasteiger partial charge in [0.1, 0.15) is 23.0 Å². The Morgan fingerprint density at radius 2 is 0.750 bits per heavy atom. The Hall–Kier alpha value is -6.92. The van der Waals surface area contributed by atoms with Gasteiger partial charge in [-0.25, -0.2) is 9.97 Å². The predicted molar refractivity (Wildman–Crippen MR) is 275 cm³/mol. The standard InChI is InChI=1S/C57H59N6O4.BrH/c1-62(2)34-8-35-63(3,4)36-9-37-67-45-24-16-41(17-25-45)57-52-32-30-50(60-52)55(39-12-20-43(65-6)21-13-39)48-28-26-46(58-48)54(38-10-18-42(64-5)19-11-38)47-27-29-49(59-47)56(51-31-33-53(57)61-51)40-14-22-44(66-7)23-15-40;/h10-33,58,61H,8-9,34-37H2,1-7H3;1H/q+1;/p-1. The molecule has 2 aliphatic heterocycles. The molecule has 9 rings (SSSR count). The van der Waals surface area contributed by atoms with Gasteiger partial charge in [-0.1, -0.05) is 48.5 Å². The molecule has 5 heterocycles. The Labute approximate surface area is 409 Å². The number of benzene rings is 4. The van der Waals surface area contributed by atoms with Crippen molar-refractivity contribution in [1.82, 2.24) is 24.8 Å². The van der Waals surface area contributed by atoms with Crippen molar-refractivity contribution in [2.45, 2.75) is 12.8 Å². The third-order valence-corrected chi connectivity index (χ3v) is 12.6. The first-order valence-corrected chi connectivity index (χ1v) is 22.9. The van der Waals surface area contributed by atoms with Gasteiger partial charge in [-0.2, -0.15) is 0 Å². The van der Waals surface area contributed by atoms with E-state index in [1.54, 1.807) is 21.3 Å². The van der Waals surface area contributed by atoms with Crippen LogP contribution < -0.4 is 35.9 Å². The summed E-state index contributed by atoms with van der Waals surface area (Å²) in [6, 6.07) is 41.4. The molecule has 0 aliphatic carbocycles. The molecule has 0 amide bonds. The highest BCUT2D eigenvalue weighted by atomic mass is 79.9. The normalized spacial score (nSPS) is 12.0. The summed E-state index contributed by atoms with van der Waals surface area (Å²) < 4.78 is 24.0. The molecule has 7 aromatic rings. The molecular weight excluding hydrogens is 913 g/mol. The summed E-state index contributed by atoms with van der Waals surface area (Å²) in [5.41, 5.74) is 14.9. The van der Waals surface area contributed by atoms with E-state index in [2.05, 4.69) is 152 Å². The van der Waals surface area contributed by atoms with Crippen LogP contribution in [0.1, 0.15) is 35.6 Å². The van der Waals surface area contributed by atoms with Crippen molar-refractivity contribution < 1.29 is 40.4 Å². The van der Waals surface area contributed by atoms with Crippen LogP contribution in [-0.4, -0.2) is 105 Å². The molecule has 2 aliphatic rings. The average molecular weight is 972 g/mol. The monoisotopic (exact) mass is 970 g/mol. The van der Waals surface area contributed by atoms with Crippen LogP contribution >= 0.6 is 0 Å². The summed E-state index contributed by atoms with van der Waals surface area (Å²) in [5.74, 6) is 3.19. The lowest BCUT2D eigenvalue weighted by Crippen LogP contribution is -3.00. The summed E-state index contributed by atoms with van der Waals surface area (Å²) in [5, 5.41) is 0. The number of nitrogens with zero attached hydrogens (tertiary/aromatic N) is 4. The number of ether oxygens (including phenoxy) is 4. The van der Waals surface area contributed by atoms with Crippen molar-refractivity contribution in [3.8, 4) is 67.5 Å². The van der Waals surface area contributed by atoms with E-state index < -0.39 is 0 Å². The van der Waals surface area contributed by atoms with Crippen LogP contribution in [0.5, 0.6) is 23.0 Å². The van der Waals surface area contributed by atoms with Gasteiger partial charge in [0, 0.05) is 63.7 Å². The molecule has 68 heavy (non-hydrogen) atoms. The molecule has 4 aromatic carbocycles. The minimum Gasteiger partial charge on any atom is -1.00 e. The number of rotatable bonds is 16. The number of hydrogen-bond donors (Lipinski definition) is 2. The number of hydrogen-bond acceptors (Lipinski definition) is 7. The van der Waals surface area contributed by atoms with Crippen LogP contribution in [-0.2, 0) is 0 Å². The number of fused-ring (bicyclic) bond motifs is 8. The fourth-order valence-electron chi connectivity index (χ4n) is 9.02. The second kappa shape index (κ2) is 20.9. The molecule has 0 fully saturated rings. The molecule has 10 nitrogen and oxygen atoms in total. The Kier molecular flexibility index (Phi) is 14.6. The zero-order valence-corrected chi connectivity index (χ0v) is 41.5. The van der Waals surface area contributed by atoms with Gasteiger partial charge in [0.05, 0.1) is 77.9 Å². The smallest absolute Gasteiger partial charge is 0.119 e. The summed E-state index contributed by atoms with van der Waals surface area (Å²) in [7, 11) is 13.9. The Balaban J connectivity index is 0.00000625. The maximum atomic E-state index is 6.34. The number of nitrogens with one attached hydrogen (secondary N) is 2. The van der Waals surface area contributed by atoms with Crippen molar-refractivity contribution in [2.75, 3.05) is 75.8 Å². The fourth-order valence-corrected chi connectivity index (χ4v) is 9.02. The topological polar surface area (TPSA) is 97.5 Å². The molecule has 0 saturated heterocycles. The third-order valence-electron chi connectivity index (χ3n) is 12.6. The van der Waals surface area contributed by atoms with Crippen molar-refractivity contribution in [3.05, 3.63) is 144 Å². The number of methoxy groups -OCH3 is 3. The molecule has 348 valence electrons. The van der Waals surface area contributed by atoms with Gasteiger partial charge >= 0.3 is 0 Å².